The molecule has 8 heteroatoms. The number of benzene rings is 1. The second kappa shape index (κ2) is 6.53. The Morgan fingerprint density at radius 2 is 1.89 bits per heavy atom. The van der Waals surface area contributed by atoms with Gasteiger partial charge < -0.3 is 10.2 Å². The van der Waals surface area contributed by atoms with Crippen molar-refractivity contribution in [1.82, 2.24) is 19.6 Å². The lowest BCUT2D eigenvalue weighted by atomic mass is 10.3. The van der Waals surface area contributed by atoms with Crippen LogP contribution in [0.2, 0.25) is 0 Å². The zero-order chi connectivity index (χ0) is 19.1. The number of nitrogens with zero attached hydrogens (tertiary/aromatic N) is 4. The van der Waals surface area contributed by atoms with Gasteiger partial charge in [0.25, 0.3) is 5.91 Å². The van der Waals surface area contributed by atoms with Crippen LogP contribution in [-0.2, 0) is 9.59 Å². The van der Waals surface area contributed by atoms with E-state index in [1.165, 1.54) is 0 Å². The highest BCUT2D eigenvalue weighted by Crippen LogP contribution is 2.30. The van der Waals surface area contributed by atoms with E-state index in [9.17, 15) is 14.4 Å². The number of urea groups is 1. The number of hydrogen-bond donors (Lipinski definition) is 1. The molecule has 0 bridgehead atoms. The van der Waals surface area contributed by atoms with E-state index in [1.807, 2.05) is 44.2 Å². The first kappa shape index (κ1) is 17.3. The third-order valence-electron chi connectivity index (χ3n) is 4.93. The molecule has 2 aliphatic rings. The lowest BCUT2D eigenvalue weighted by Gasteiger charge is -2.16. The molecule has 0 unspecified atom stereocenters. The molecule has 8 nitrogen and oxygen atoms in total. The fraction of sp³-hybridized carbons (Fsp3) is 0.368. The number of anilines is 1. The number of nitrogens with one attached hydrogen (secondary N) is 1. The van der Waals surface area contributed by atoms with Gasteiger partial charge in [0.05, 0.1) is 22.8 Å². The Hall–Kier alpha value is -3.16. The fourth-order valence-corrected chi connectivity index (χ4v) is 3.35. The van der Waals surface area contributed by atoms with Crippen LogP contribution >= 0.6 is 0 Å². The first-order valence-corrected chi connectivity index (χ1v) is 8.98. The van der Waals surface area contributed by atoms with Crippen LogP contribution in [0.25, 0.3) is 5.69 Å². The smallest absolute Gasteiger partial charge is 0.321 e. The van der Waals surface area contributed by atoms with Gasteiger partial charge in [-0.15, -0.1) is 0 Å². The molecule has 4 amide bonds. The molecule has 2 aromatic rings. The SMILES string of the molecule is Cc1nn(-c2ccccc2)c(C)c1NC(=O)CN1C(=O)CN(C2CC2)C1=O. The van der Waals surface area contributed by atoms with Crippen molar-refractivity contribution in [2.45, 2.75) is 32.7 Å². The second-order valence-electron chi connectivity index (χ2n) is 6.96. The minimum atomic E-state index is -0.409. The number of carbonyl (C=O) groups is 3. The number of carbonyl (C=O) groups excluding carboxylic acids is 3. The largest absolute Gasteiger partial charge is 0.327 e. The Kier molecular flexibility index (Phi) is 4.18. The van der Waals surface area contributed by atoms with Gasteiger partial charge in [0.1, 0.15) is 13.1 Å². The molecule has 4 rings (SSSR count). The maximum absolute atomic E-state index is 12.5. The molecule has 27 heavy (non-hydrogen) atoms. The van der Waals surface area contributed by atoms with Crippen molar-refractivity contribution in [3.8, 4) is 5.69 Å². The summed E-state index contributed by atoms with van der Waals surface area (Å²) in [5.41, 5.74) is 2.94. The number of amides is 4. The van der Waals surface area contributed by atoms with Crippen molar-refractivity contribution in [3.63, 3.8) is 0 Å². The van der Waals surface area contributed by atoms with Crippen LogP contribution in [0.5, 0.6) is 0 Å². The van der Waals surface area contributed by atoms with E-state index >= 15 is 0 Å². The van der Waals surface area contributed by atoms with Crippen LogP contribution in [0.15, 0.2) is 30.3 Å². The van der Waals surface area contributed by atoms with E-state index in [4.69, 9.17) is 0 Å². The molecule has 1 aliphatic heterocycles. The summed E-state index contributed by atoms with van der Waals surface area (Å²) in [5, 5.41) is 7.29. The van der Waals surface area contributed by atoms with Crippen LogP contribution in [-0.4, -0.2) is 56.6 Å². The average molecular weight is 367 g/mol. The van der Waals surface area contributed by atoms with Crippen LogP contribution in [0.4, 0.5) is 10.5 Å². The molecule has 1 aromatic heterocycles. The van der Waals surface area contributed by atoms with Crippen molar-refractivity contribution in [2.75, 3.05) is 18.4 Å². The standard InChI is InChI=1S/C19H21N5O3/c1-12-18(13(2)24(21-12)15-6-4-3-5-7-15)20-16(25)10-23-17(26)11-22(19(23)27)14-8-9-14/h3-7,14H,8-11H2,1-2H3,(H,20,25). The van der Waals surface area contributed by atoms with Gasteiger partial charge >= 0.3 is 6.03 Å². The quantitative estimate of drug-likeness (QED) is 0.817. The molecule has 1 aromatic carbocycles. The van der Waals surface area contributed by atoms with E-state index in [1.54, 1.807) is 9.58 Å². The molecule has 2 fully saturated rings. The van der Waals surface area contributed by atoms with Gasteiger partial charge in [-0.1, -0.05) is 18.2 Å². The monoisotopic (exact) mass is 367 g/mol. The molecule has 2 heterocycles. The van der Waals surface area contributed by atoms with Crippen molar-refractivity contribution in [1.29, 1.82) is 0 Å². The second-order valence-corrected chi connectivity index (χ2v) is 6.96. The van der Waals surface area contributed by atoms with Crippen molar-refractivity contribution < 1.29 is 14.4 Å². The van der Waals surface area contributed by atoms with E-state index in [0.29, 0.717) is 11.4 Å². The summed E-state index contributed by atoms with van der Waals surface area (Å²) in [6.45, 7) is 3.46. The summed E-state index contributed by atoms with van der Waals surface area (Å²) in [4.78, 5) is 39.5. The molecule has 1 aliphatic carbocycles. The number of aromatic nitrogens is 2. The van der Waals surface area contributed by atoms with Gasteiger partial charge in [-0.25, -0.2) is 9.48 Å². The lowest BCUT2D eigenvalue weighted by Crippen LogP contribution is -2.39. The Morgan fingerprint density at radius 3 is 2.56 bits per heavy atom. The summed E-state index contributed by atoms with van der Waals surface area (Å²) in [5.74, 6) is -0.733. The minimum Gasteiger partial charge on any atom is -0.321 e. The van der Waals surface area contributed by atoms with Gasteiger partial charge in [0, 0.05) is 6.04 Å². The van der Waals surface area contributed by atoms with Gasteiger partial charge in [-0.2, -0.15) is 5.10 Å². The number of para-hydroxylation sites is 1. The maximum Gasteiger partial charge on any atom is 0.327 e. The highest BCUT2D eigenvalue weighted by molar-refractivity contribution is 6.06. The van der Waals surface area contributed by atoms with E-state index in [-0.39, 0.29) is 31.1 Å². The van der Waals surface area contributed by atoms with Crippen LogP contribution in [0, 0.1) is 13.8 Å². The number of hydrogen-bond acceptors (Lipinski definition) is 4. The third-order valence-corrected chi connectivity index (χ3v) is 4.93. The molecular weight excluding hydrogens is 346 g/mol. The van der Waals surface area contributed by atoms with Gasteiger partial charge in [-0.05, 0) is 38.8 Å². The molecule has 0 atom stereocenters. The van der Waals surface area contributed by atoms with Crippen LogP contribution < -0.4 is 5.32 Å². The molecular formula is C19H21N5O3. The minimum absolute atomic E-state index is 0.0702. The third kappa shape index (κ3) is 3.18. The molecule has 140 valence electrons. The van der Waals surface area contributed by atoms with Crippen molar-refractivity contribution >= 4 is 23.5 Å². The van der Waals surface area contributed by atoms with Crippen LogP contribution in [0.1, 0.15) is 24.2 Å². The lowest BCUT2D eigenvalue weighted by molar-refractivity contribution is -0.129. The Bertz CT molecular complexity index is 917. The number of rotatable bonds is 5. The average Bonchev–Trinajstić information content (AvgIpc) is 3.41. The number of aryl methyl sites for hydroxylation is 1. The van der Waals surface area contributed by atoms with E-state index < -0.39 is 5.91 Å². The Morgan fingerprint density at radius 1 is 1.19 bits per heavy atom. The van der Waals surface area contributed by atoms with Gasteiger partial charge in [0.15, 0.2) is 0 Å². The zero-order valence-electron chi connectivity index (χ0n) is 15.3. The molecule has 1 N–H and O–H groups in total. The van der Waals surface area contributed by atoms with Crippen molar-refractivity contribution in [2.24, 2.45) is 0 Å². The van der Waals surface area contributed by atoms with Crippen LogP contribution in [0.3, 0.4) is 0 Å². The summed E-state index contributed by atoms with van der Waals surface area (Å²) >= 11 is 0. The molecule has 0 spiro atoms. The highest BCUT2D eigenvalue weighted by atomic mass is 16.2. The Labute approximate surface area is 156 Å². The van der Waals surface area contributed by atoms with E-state index in [2.05, 4.69) is 10.4 Å². The first-order chi connectivity index (χ1) is 13.0. The topological polar surface area (TPSA) is 87.5 Å². The molecule has 1 saturated heterocycles. The van der Waals surface area contributed by atoms with Gasteiger partial charge in [0.2, 0.25) is 5.91 Å². The maximum atomic E-state index is 12.5. The summed E-state index contributed by atoms with van der Waals surface area (Å²) in [6.07, 6.45) is 1.85. The normalized spacial score (nSPS) is 17.0. The number of imide groups is 1. The van der Waals surface area contributed by atoms with E-state index in [0.717, 1.165) is 29.1 Å². The van der Waals surface area contributed by atoms with Gasteiger partial charge in [-0.3, -0.25) is 14.5 Å². The first-order valence-electron chi connectivity index (χ1n) is 8.98. The highest BCUT2D eigenvalue weighted by Gasteiger charge is 2.44. The fourth-order valence-electron chi connectivity index (χ4n) is 3.35. The zero-order valence-corrected chi connectivity index (χ0v) is 15.3. The summed E-state index contributed by atoms with van der Waals surface area (Å²) in [7, 11) is 0. The predicted molar refractivity (Wildman–Crippen MR) is 98.5 cm³/mol. The Balaban J connectivity index is 1.48. The molecule has 0 radical (unpaired) electrons. The predicted octanol–water partition coefficient (Wildman–Crippen LogP) is 1.85. The molecule has 1 saturated carbocycles. The summed E-state index contributed by atoms with van der Waals surface area (Å²) in [6, 6.07) is 9.40. The van der Waals surface area contributed by atoms with Crippen molar-refractivity contribution in [3.05, 3.63) is 41.7 Å². The summed E-state index contributed by atoms with van der Waals surface area (Å²) < 4.78 is 1.76.